The predicted octanol–water partition coefficient (Wildman–Crippen LogP) is 2.92. The summed E-state index contributed by atoms with van der Waals surface area (Å²) in [7, 11) is -3.95. The van der Waals surface area contributed by atoms with Crippen molar-refractivity contribution < 1.29 is 27.5 Å². The highest BCUT2D eigenvalue weighted by molar-refractivity contribution is 7.92. The van der Waals surface area contributed by atoms with Crippen LogP contribution in [0.25, 0.3) is 0 Å². The van der Waals surface area contributed by atoms with Crippen molar-refractivity contribution in [2.75, 3.05) is 11.3 Å². The maximum atomic E-state index is 12.6. The van der Waals surface area contributed by atoms with Crippen molar-refractivity contribution in [2.24, 2.45) is 0 Å². The molecule has 0 unspecified atom stereocenters. The van der Waals surface area contributed by atoms with E-state index in [0.717, 1.165) is 11.6 Å². The second-order valence-corrected chi connectivity index (χ2v) is 8.06. The Morgan fingerprint density at radius 3 is 2.70 bits per heavy atom. The SMILES string of the molecule is Cc1cccc(NS(=O)(=O)c2ccc(Cl)c(C(=O)O[C@@H]3CCOC3=O)c2)c1. The fraction of sp³-hybridized carbons (Fsp3) is 0.222. The van der Waals surface area contributed by atoms with Gasteiger partial charge < -0.3 is 9.47 Å². The Hall–Kier alpha value is -2.58. The minimum atomic E-state index is -3.95. The van der Waals surface area contributed by atoms with Crippen LogP contribution in [0.1, 0.15) is 22.3 Å². The molecule has 27 heavy (non-hydrogen) atoms. The third-order valence-corrected chi connectivity index (χ3v) is 5.58. The van der Waals surface area contributed by atoms with E-state index >= 15 is 0 Å². The molecule has 1 N–H and O–H groups in total. The van der Waals surface area contributed by atoms with Crippen molar-refractivity contribution in [3.05, 3.63) is 58.6 Å². The van der Waals surface area contributed by atoms with Crippen molar-refractivity contribution in [1.82, 2.24) is 0 Å². The fourth-order valence-corrected chi connectivity index (χ4v) is 3.80. The molecule has 2 aromatic carbocycles. The second kappa shape index (κ2) is 7.58. The maximum absolute atomic E-state index is 12.6. The van der Waals surface area contributed by atoms with E-state index in [1.165, 1.54) is 12.1 Å². The third kappa shape index (κ3) is 4.40. The van der Waals surface area contributed by atoms with Gasteiger partial charge in [-0.1, -0.05) is 23.7 Å². The van der Waals surface area contributed by atoms with Crippen molar-refractivity contribution in [3.8, 4) is 0 Å². The molecular formula is C18H16ClNO6S. The molecule has 0 radical (unpaired) electrons. The van der Waals surface area contributed by atoms with Gasteiger partial charge in [0.2, 0.25) is 6.10 Å². The summed E-state index contributed by atoms with van der Waals surface area (Å²) in [5.74, 6) is -1.53. The van der Waals surface area contributed by atoms with Crippen LogP contribution in [0, 0.1) is 6.92 Å². The van der Waals surface area contributed by atoms with E-state index in [9.17, 15) is 18.0 Å². The van der Waals surface area contributed by atoms with Crippen molar-refractivity contribution >= 4 is 39.3 Å². The molecule has 1 fully saturated rings. The summed E-state index contributed by atoms with van der Waals surface area (Å²) in [6, 6.07) is 10.5. The smallest absolute Gasteiger partial charge is 0.347 e. The number of rotatable bonds is 5. The molecule has 1 saturated heterocycles. The Balaban J connectivity index is 1.85. The lowest BCUT2D eigenvalue weighted by Crippen LogP contribution is -2.23. The van der Waals surface area contributed by atoms with Crippen LogP contribution in [0.2, 0.25) is 5.02 Å². The van der Waals surface area contributed by atoms with Crippen LogP contribution in [0.4, 0.5) is 5.69 Å². The lowest BCUT2D eigenvalue weighted by atomic mass is 10.2. The summed E-state index contributed by atoms with van der Waals surface area (Å²) in [5.41, 5.74) is 1.13. The van der Waals surface area contributed by atoms with Gasteiger partial charge in [-0.25, -0.2) is 18.0 Å². The standard InChI is InChI=1S/C18H16ClNO6S/c1-11-3-2-4-12(9-11)20-27(23,24)13-5-6-15(19)14(10-13)17(21)26-16-7-8-25-18(16)22/h2-6,9-10,16,20H,7-8H2,1H3/t16-/m1/s1. The molecule has 0 aromatic heterocycles. The number of cyclic esters (lactones) is 1. The summed E-state index contributed by atoms with van der Waals surface area (Å²) in [4.78, 5) is 23.6. The van der Waals surface area contributed by atoms with E-state index in [4.69, 9.17) is 21.1 Å². The van der Waals surface area contributed by atoms with E-state index in [2.05, 4.69) is 4.72 Å². The van der Waals surface area contributed by atoms with Gasteiger partial charge in [-0.15, -0.1) is 0 Å². The van der Waals surface area contributed by atoms with Crippen LogP contribution < -0.4 is 4.72 Å². The molecule has 0 bridgehead atoms. The summed E-state index contributed by atoms with van der Waals surface area (Å²) in [6.45, 7) is 2.00. The van der Waals surface area contributed by atoms with Gasteiger partial charge in [0.1, 0.15) is 0 Å². The fourth-order valence-electron chi connectivity index (χ4n) is 2.53. The number of ether oxygens (including phenoxy) is 2. The van der Waals surface area contributed by atoms with E-state index < -0.39 is 28.1 Å². The van der Waals surface area contributed by atoms with Crippen LogP contribution in [-0.2, 0) is 24.3 Å². The monoisotopic (exact) mass is 409 g/mol. The molecule has 3 rings (SSSR count). The van der Waals surface area contributed by atoms with Gasteiger partial charge in [0.05, 0.1) is 22.1 Å². The van der Waals surface area contributed by atoms with E-state index in [1.807, 2.05) is 13.0 Å². The van der Waals surface area contributed by atoms with Crippen LogP contribution in [0.15, 0.2) is 47.4 Å². The van der Waals surface area contributed by atoms with Crippen molar-refractivity contribution in [3.63, 3.8) is 0 Å². The molecular weight excluding hydrogens is 394 g/mol. The zero-order valence-corrected chi connectivity index (χ0v) is 15.8. The number of aryl methyl sites for hydroxylation is 1. The number of hydrogen-bond acceptors (Lipinski definition) is 6. The first kappa shape index (κ1) is 19.2. The highest BCUT2D eigenvalue weighted by atomic mass is 35.5. The highest BCUT2D eigenvalue weighted by Gasteiger charge is 2.31. The molecule has 142 valence electrons. The number of benzene rings is 2. The molecule has 1 heterocycles. The number of esters is 2. The lowest BCUT2D eigenvalue weighted by molar-refractivity contribution is -0.145. The molecule has 0 aliphatic carbocycles. The molecule has 1 aliphatic rings. The van der Waals surface area contributed by atoms with E-state index in [1.54, 1.807) is 18.2 Å². The third-order valence-electron chi connectivity index (χ3n) is 3.87. The summed E-state index contributed by atoms with van der Waals surface area (Å²) in [5, 5.41) is 0.0147. The first-order chi connectivity index (χ1) is 12.8. The van der Waals surface area contributed by atoms with Crippen LogP contribution >= 0.6 is 11.6 Å². The van der Waals surface area contributed by atoms with Gasteiger partial charge in [-0.3, -0.25) is 4.72 Å². The maximum Gasteiger partial charge on any atom is 0.347 e. The highest BCUT2D eigenvalue weighted by Crippen LogP contribution is 2.24. The number of hydrogen-bond donors (Lipinski definition) is 1. The first-order valence-electron chi connectivity index (χ1n) is 8.03. The van der Waals surface area contributed by atoms with E-state index in [-0.39, 0.29) is 28.5 Å². The van der Waals surface area contributed by atoms with Crippen LogP contribution in [0.5, 0.6) is 0 Å². The summed E-state index contributed by atoms with van der Waals surface area (Å²) < 4.78 is 37.5. The Bertz CT molecular complexity index is 1000. The second-order valence-electron chi connectivity index (χ2n) is 5.97. The largest absolute Gasteiger partial charge is 0.463 e. The van der Waals surface area contributed by atoms with Gasteiger partial charge in [0, 0.05) is 12.1 Å². The number of carbonyl (C=O) groups excluding carboxylic acids is 2. The van der Waals surface area contributed by atoms with Gasteiger partial charge in [0.15, 0.2) is 0 Å². The topological polar surface area (TPSA) is 98.8 Å². The number of carbonyl (C=O) groups is 2. The molecule has 0 saturated carbocycles. The van der Waals surface area contributed by atoms with Crippen LogP contribution in [0.3, 0.4) is 0 Å². The summed E-state index contributed by atoms with van der Waals surface area (Å²) in [6.07, 6.45) is -0.769. The average Bonchev–Trinajstić information content (AvgIpc) is 2.99. The predicted molar refractivity (Wildman–Crippen MR) is 98.2 cm³/mol. The van der Waals surface area contributed by atoms with Gasteiger partial charge in [-0.05, 0) is 42.8 Å². The number of sulfonamides is 1. The average molecular weight is 410 g/mol. The normalized spacial score (nSPS) is 16.7. The van der Waals surface area contributed by atoms with Gasteiger partial charge >= 0.3 is 11.9 Å². The van der Waals surface area contributed by atoms with Crippen molar-refractivity contribution in [1.29, 1.82) is 0 Å². The molecule has 2 aromatic rings. The molecule has 9 heteroatoms. The Morgan fingerprint density at radius 1 is 1.26 bits per heavy atom. The molecule has 1 atom stereocenters. The van der Waals surface area contributed by atoms with E-state index in [0.29, 0.717) is 5.69 Å². The van der Waals surface area contributed by atoms with Crippen molar-refractivity contribution in [2.45, 2.75) is 24.3 Å². The lowest BCUT2D eigenvalue weighted by Gasteiger charge is -2.12. The zero-order valence-electron chi connectivity index (χ0n) is 14.3. The zero-order chi connectivity index (χ0) is 19.6. The Labute approximate surface area is 161 Å². The number of halogens is 1. The molecule has 0 spiro atoms. The van der Waals surface area contributed by atoms with Gasteiger partial charge in [0.25, 0.3) is 10.0 Å². The number of nitrogens with one attached hydrogen (secondary N) is 1. The number of anilines is 1. The first-order valence-corrected chi connectivity index (χ1v) is 9.89. The minimum absolute atomic E-state index is 0.0147. The quantitative estimate of drug-likeness (QED) is 0.762. The Morgan fingerprint density at radius 2 is 2.04 bits per heavy atom. The van der Waals surface area contributed by atoms with Crippen LogP contribution in [-0.4, -0.2) is 33.1 Å². The van der Waals surface area contributed by atoms with Gasteiger partial charge in [-0.2, -0.15) is 0 Å². The Kier molecular flexibility index (Phi) is 5.38. The summed E-state index contributed by atoms with van der Waals surface area (Å²) >= 11 is 6.01. The molecule has 1 aliphatic heterocycles. The minimum Gasteiger partial charge on any atom is -0.463 e. The molecule has 7 nitrogen and oxygen atoms in total. The molecule has 0 amide bonds.